The molecule has 2 aliphatic heterocycles. The van der Waals surface area contributed by atoms with E-state index in [0.717, 1.165) is 0 Å². The van der Waals surface area contributed by atoms with Crippen LogP contribution in [0.1, 0.15) is 0 Å². The third-order valence-corrected chi connectivity index (χ3v) is 6.76. The molecule has 0 amide bonds. The number of methoxy groups -OCH3 is 2. The fraction of sp³-hybridized carbons (Fsp3) is 1.00. The van der Waals surface area contributed by atoms with Crippen LogP contribution in [0.25, 0.3) is 0 Å². The molecule has 0 spiro atoms. The highest BCUT2D eigenvalue weighted by molar-refractivity contribution is 8.76. The molecule has 2 fully saturated rings. The van der Waals surface area contributed by atoms with Crippen LogP contribution >= 0.6 is 21.6 Å². The van der Waals surface area contributed by atoms with Crippen LogP contribution in [0, 0.1) is 0 Å². The fourth-order valence-electron chi connectivity index (χ4n) is 2.73. The third kappa shape index (κ3) is 5.01. The Labute approximate surface area is 158 Å². The lowest BCUT2D eigenvalue weighted by molar-refractivity contribution is -0.285. The van der Waals surface area contributed by atoms with E-state index in [1.165, 1.54) is 35.8 Å². The molecular weight excluding hydrogens is 392 g/mol. The van der Waals surface area contributed by atoms with Crippen LogP contribution in [0.5, 0.6) is 0 Å². The van der Waals surface area contributed by atoms with Crippen LogP contribution in [0.15, 0.2) is 0 Å². The molecule has 10 nitrogen and oxygen atoms in total. The van der Waals surface area contributed by atoms with E-state index in [-0.39, 0.29) is 11.5 Å². The van der Waals surface area contributed by atoms with Crippen molar-refractivity contribution in [2.75, 3.05) is 25.7 Å². The summed E-state index contributed by atoms with van der Waals surface area (Å²) >= 11 is 0. The molecule has 0 radical (unpaired) electrons. The Morgan fingerprint density at radius 2 is 0.962 bits per heavy atom. The Kier molecular flexibility index (Phi) is 8.85. The van der Waals surface area contributed by atoms with E-state index in [1.54, 1.807) is 0 Å². The van der Waals surface area contributed by atoms with Crippen molar-refractivity contribution in [3.8, 4) is 0 Å². The molecule has 2 rings (SSSR count). The zero-order chi connectivity index (χ0) is 19.4. The van der Waals surface area contributed by atoms with Crippen LogP contribution in [0.4, 0.5) is 0 Å². The van der Waals surface area contributed by atoms with Crippen molar-refractivity contribution in [3.63, 3.8) is 0 Å². The maximum absolute atomic E-state index is 9.99. The Morgan fingerprint density at radius 1 is 0.615 bits per heavy atom. The van der Waals surface area contributed by atoms with Gasteiger partial charge in [-0.25, -0.2) is 0 Å². The van der Waals surface area contributed by atoms with Gasteiger partial charge in [-0.2, -0.15) is 0 Å². The highest BCUT2D eigenvalue weighted by Crippen LogP contribution is 2.32. The first kappa shape index (κ1) is 22.6. The second-order valence-electron chi connectivity index (χ2n) is 6.07. The molecule has 0 aromatic carbocycles. The van der Waals surface area contributed by atoms with Gasteiger partial charge in [0.05, 0.1) is 12.2 Å². The van der Waals surface area contributed by atoms with Crippen molar-refractivity contribution in [3.05, 3.63) is 0 Å². The molecule has 0 bridgehead atoms. The molecule has 0 saturated carbocycles. The molecule has 0 unspecified atom stereocenters. The van der Waals surface area contributed by atoms with E-state index in [1.807, 2.05) is 0 Å². The summed E-state index contributed by atoms with van der Waals surface area (Å²) in [6, 6.07) is 0. The maximum Gasteiger partial charge on any atom is 0.186 e. The first-order chi connectivity index (χ1) is 12.3. The highest BCUT2D eigenvalue weighted by Gasteiger charge is 2.45. The molecule has 154 valence electrons. The number of hydrogen-bond donors (Lipinski definition) is 6. The van der Waals surface area contributed by atoms with E-state index in [9.17, 15) is 30.6 Å². The molecule has 6 N–H and O–H groups in total. The van der Waals surface area contributed by atoms with Crippen molar-refractivity contribution in [1.29, 1.82) is 0 Å². The van der Waals surface area contributed by atoms with Gasteiger partial charge < -0.3 is 49.6 Å². The van der Waals surface area contributed by atoms with Gasteiger partial charge >= 0.3 is 0 Å². The monoisotopic (exact) mass is 418 g/mol. The fourth-order valence-corrected chi connectivity index (χ4v) is 5.12. The van der Waals surface area contributed by atoms with Gasteiger partial charge in [-0.05, 0) is 0 Å². The number of rotatable bonds is 7. The van der Waals surface area contributed by atoms with E-state index >= 15 is 0 Å². The van der Waals surface area contributed by atoms with Gasteiger partial charge in [0, 0.05) is 25.7 Å². The molecule has 2 saturated heterocycles. The molecule has 10 atom stereocenters. The largest absolute Gasteiger partial charge is 0.388 e. The van der Waals surface area contributed by atoms with E-state index in [0.29, 0.717) is 0 Å². The first-order valence-electron chi connectivity index (χ1n) is 8.01. The highest BCUT2D eigenvalue weighted by atomic mass is 33.1. The SMILES string of the molecule is CO[C@H]1O[C@@H](CSSC[C@@H]2O[C@H](OC)[C@@H](O)[C@@H](O)[C@@H]2O)[C@@H](O)[C@H](O)[C@@H]1O. The van der Waals surface area contributed by atoms with Crippen LogP contribution in [-0.2, 0) is 18.9 Å². The van der Waals surface area contributed by atoms with Gasteiger partial charge in [-0.3, -0.25) is 0 Å². The Bertz CT molecular complexity index is 391. The predicted octanol–water partition coefficient (Wildman–Crippen LogP) is -2.72. The summed E-state index contributed by atoms with van der Waals surface area (Å²) in [5.74, 6) is 0.550. The van der Waals surface area contributed by atoms with Crippen LogP contribution < -0.4 is 0 Å². The average molecular weight is 418 g/mol. The van der Waals surface area contributed by atoms with Crippen LogP contribution in [-0.4, -0.2) is 118 Å². The molecule has 0 aromatic rings. The number of ether oxygens (including phenoxy) is 4. The summed E-state index contributed by atoms with van der Waals surface area (Å²) in [7, 11) is 5.24. The quantitative estimate of drug-likeness (QED) is 0.188. The lowest BCUT2D eigenvalue weighted by Crippen LogP contribution is -2.58. The topological polar surface area (TPSA) is 158 Å². The van der Waals surface area contributed by atoms with Gasteiger partial charge in [0.1, 0.15) is 36.6 Å². The smallest absolute Gasteiger partial charge is 0.186 e. The summed E-state index contributed by atoms with van der Waals surface area (Å²) in [4.78, 5) is 0. The number of aliphatic hydroxyl groups is 6. The minimum Gasteiger partial charge on any atom is -0.388 e. The molecule has 26 heavy (non-hydrogen) atoms. The summed E-state index contributed by atoms with van der Waals surface area (Å²) in [6.45, 7) is 0. The lowest BCUT2D eigenvalue weighted by Gasteiger charge is -2.40. The molecule has 2 heterocycles. The minimum atomic E-state index is -1.38. The second kappa shape index (κ2) is 10.2. The molecule has 0 aromatic heterocycles. The standard InChI is InChI=1S/C14H26O10S2/c1-21-13-11(19)9(17)7(15)5(23-13)3-25-26-4-6-8(16)10(18)12(20)14(22-2)24-6/h5-20H,3-4H2,1-2H3/t5-,6-,7+,8+,9-,10-,11-,12-,13-,14-/m0/s1. The van der Waals surface area contributed by atoms with Crippen LogP contribution in [0.2, 0.25) is 0 Å². The predicted molar refractivity (Wildman–Crippen MR) is 92.3 cm³/mol. The van der Waals surface area contributed by atoms with Crippen LogP contribution in [0.3, 0.4) is 0 Å². The first-order valence-corrected chi connectivity index (χ1v) is 10.5. The Morgan fingerprint density at radius 3 is 1.27 bits per heavy atom. The zero-order valence-corrected chi connectivity index (χ0v) is 16.0. The average Bonchev–Trinajstić information content (AvgIpc) is 2.64. The number of aliphatic hydroxyl groups excluding tert-OH is 6. The molecule has 12 heteroatoms. The normalized spacial score (nSPS) is 47.1. The van der Waals surface area contributed by atoms with Crippen molar-refractivity contribution < 1.29 is 49.6 Å². The summed E-state index contributed by atoms with van der Waals surface area (Å²) in [5, 5.41) is 59.1. The maximum atomic E-state index is 9.99. The Hall–Kier alpha value is 0.300. The van der Waals surface area contributed by atoms with E-state index in [2.05, 4.69) is 0 Å². The van der Waals surface area contributed by atoms with Crippen molar-refractivity contribution in [2.24, 2.45) is 0 Å². The number of hydrogen-bond acceptors (Lipinski definition) is 12. The van der Waals surface area contributed by atoms with Gasteiger partial charge in [0.25, 0.3) is 0 Å². The Balaban J connectivity index is 1.79. The van der Waals surface area contributed by atoms with Gasteiger partial charge in [0.2, 0.25) is 0 Å². The van der Waals surface area contributed by atoms with Gasteiger partial charge in [0.15, 0.2) is 12.6 Å². The van der Waals surface area contributed by atoms with Crippen molar-refractivity contribution in [1.82, 2.24) is 0 Å². The zero-order valence-electron chi connectivity index (χ0n) is 14.3. The molecule has 0 aliphatic carbocycles. The molecule has 2 aliphatic rings. The summed E-state index contributed by atoms with van der Waals surface area (Å²) < 4.78 is 20.7. The summed E-state index contributed by atoms with van der Waals surface area (Å²) in [6.07, 6.45) is -11.6. The lowest BCUT2D eigenvalue weighted by atomic mass is 10.00. The minimum absolute atomic E-state index is 0.275. The second-order valence-corrected chi connectivity index (χ2v) is 8.62. The van der Waals surface area contributed by atoms with E-state index < -0.39 is 61.4 Å². The summed E-state index contributed by atoms with van der Waals surface area (Å²) in [5.41, 5.74) is 0. The van der Waals surface area contributed by atoms with Gasteiger partial charge in [-0.15, -0.1) is 0 Å². The van der Waals surface area contributed by atoms with Crippen molar-refractivity contribution >= 4 is 21.6 Å². The van der Waals surface area contributed by atoms with E-state index in [4.69, 9.17) is 18.9 Å². The van der Waals surface area contributed by atoms with Gasteiger partial charge in [-0.1, -0.05) is 21.6 Å². The van der Waals surface area contributed by atoms with Crippen molar-refractivity contribution in [2.45, 2.75) is 61.4 Å². The molecular formula is C14H26O10S2. The third-order valence-electron chi connectivity index (χ3n) is 4.35.